The quantitative estimate of drug-likeness (QED) is 0.778. The van der Waals surface area contributed by atoms with Gasteiger partial charge in [-0.2, -0.15) is 5.10 Å². The van der Waals surface area contributed by atoms with E-state index in [4.69, 9.17) is 0 Å². The fourth-order valence-corrected chi connectivity index (χ4v) is 4.86. The molecule has 0 atom stereocenters. The first-order chi connectivity index (χ1) is 12.1. The number of hydrogen-bond donors (Lipinski definition) is 1. The van der Waals surface area contributed by atoms with Gasteiger partial charge in [-0.15, -0.1) is 11.3 Å². The lowest BCUT2D eigenvalue weighted by atomic mass is 9.87. The molecule has 1 N–H and O–H groups in total. The summed E-state index contributed by atoms with van der Waals surface area (Å²) in [6, 6.07) is 10.3. The minimum absolute atomic E-state index is 0.575. The van der Waals surface area contributed by atoms with Crippen molar-refractivity contribution in [3.8, 4) is 0 Å². The van der Waals surface area contributed by atoms with E-state index in [1.807, 2.05) is 11.3 Å². The van der Waals surface area contributed by atoms with E-state index in [-0.39, 0.29) is 0 Å². The number of carboxylic acid groups (broad SMARTS) is 1. The summed E-state index contributed by atoms with van der Waals surface area (Å²) in [6.07, 6.45) is 4.56. The molecule has 1 saturated heterocycles. The van der Waals surface area contributed by atoms with Gasteiger partial charge in [0.1, 0.15) is 0 Å². The predicted molar refractivity (Wildman–Crippen MR) is 98.9 cm³/mol. The molecule has 25 heavy (non-hydrogen) atoms. The number of carboxylic acids is 1. The number of nitrogens with zero attached hydrogens (tertiary/aromatic N) is 3. The maximum absolute atomic E-state index is 11.9. The van der Waals surface area contributed by atoms with Gasteiger partial charge in [-0.05, 0) is 42.8 Å². The van der Waals surface area contributed by atoms with E-state index in [2.05, 4.69) is 41.2 Å². The van der Waals surface area contributed by atoms with Crippen LogP contribution in [0.5, 0.6) is 0 Å². The zero-order valence-electron chi connectivity index (χ0n) is 14.2. The maximum Gasteiger partial charge on any atom is 0.331 e. The van der Waals surface area contributed by atoms with E-state index in [1.54, 1.807) is 23.1 Å². The fraction of sp³-hybridized carbons (Fsp3) is 0.368. The molecule has 0 radical (unpaired) electrons. The van der Waals surface area contributed by atoms with Crippen molar-refractivity contribution >= 4 is 27.4 Å². The Hall–Kier alpha value is -2.18. The van der Waals surface area contributed by atoms with Gasteiger partial charge in [0, 0.05) is 41.6 Å². The maximum atomic E-state index is 11.9. The standard InChI is InChI=1S/C19H21N3O2S/c1-14-16(15-5-2-3-6-17(15)25-14)13-21-11-7-19(8-12-21,18(23)24)22-10-4-9-20-22/h2-6,9-10H,7-8,11-13H2,1H3,(H,23,24). The summed E-state index contributed by atoms with van der Waals surface area (Å²) in [6.45, 7) is 4.57. The Kier molecular flexibility index (Phi) is 4.09. The Morgan fingerprint density at radius 1 is 1.28 bits per heavy atom. The first-order valence-electron chi connectivity index (χ1n) is 8.53. The van der Waals surface area contributed by atoms with Crippen LogP contribution in [0.3, 0.4) is 0 Å². The lowest BCUT2D eigenvalue weighted by molar-refractivity contribution is -0.151. The molecule has 0 spiro atoms. The molecule has 5 nitrogen and oxygen atoms in total. The molecule has 0 saturated carbocycles. The van der Waals surface area contributed by atoms with Crippen LogP contribution < -0.4 is 0 Å². The van der Waals surface area contributed by atoms with Gasteiger partial charge >= 0.3 is 5.97 Å². The van der Waals surface area contributed by atoms with Gasteiger partial charge < -0.3 is 5.11 Å². The molecule has 4 rings (SSSR count). The van der Waals surface area contributed by atoms with Crippen LogP contribution in [0.2, 0.25) is 0 Å². The van der Waals surface area contributed by atoms with Crippen molar-refractivity contribution in [1.82, 2.24) is 14.7 Å². The molecule has 2 aromatic heterocycles. The number of aryl methyl sites for hydroxylation is 1. The van der Waals surface area contributed by atoms with E-state index in [0.717, 1.165) is 19.6 Å². The van der Waals surface area contributed by atoms with Gasteiger partial charge in [-0.25, -0.2) is 4.79 Å². The third kappa shape index (κ3) is 2.75. The van der Waals surface area contributed by atoms with Gasteiger partial charge in [0.25, 0.3) is 0 Å². The number of likely N-dealkylation sites (tertiary alicyclic amines) is 1. The van der Waals surface area contributed by atoms with E-state index in [1.165, 1.54) is 20.5 Å². The number of piperidine rings is 1. The smallest absolute Gasteiger partial charge is 0.331 e. The molecule has 0 bridgehead atoms. The van der Waals surface area contributed by atoms with Gasteiger partial charge in [0.15, 0.2) is 5.54 Å². The summed E-state index contributed by atoms with van der Waals surface area (Å²) in [5.41, 5.74) is 0.466. The second-order valence-corrected chi connectivity index (χ2v) is 7.95. The Morgan fingerprint density at radius 2 is 2.04 bits per heavy atom. The topological polar surface area (TPSA) is 58.4 Å². The number of aromatic nitrogens is 2. The lowest BCUT2D eigenvalue weighted by Gasteiger charge is -2.39. The number of fused-ring (bicyclic) bond motifs is 1. The normalized spacial score (nSPS) is 17.8. The highest BCUT2D eigenvalue weighted by atomic mass is 32.1. The number of hydrogen-bond acceptors (Lipinski definition) is 4. The molecule has 130 valence electrons. The zero-order valence-corrected chi connectivity index (χ0v) is 15.0. The number of benzene rings is 1. The van der Waals surface area contributed by atoms with Crippen LogP contribution in [0.1, 0.15) is 23.3 Å². The molecule has 1 fully saturated rings. The molecule has 0 amide bonds. The molecule has 3 aromatic rings. The number of thiophene rings is 1. The number of carbonyl (C=O) groups is 1. The first-order valence-corrected chi connectivity index (χ1v) is 9.35. The van der Waals surface area contributed by atoms with E-state index in [0.29, 0.717) is 12.8 Å². The van der Waals surface area contributed by atoms with Crippen molar-refractivity contribution < 1.29 is 9.90 Å². The Morgan fingerprint density at radius 3 is 2.72 bits per heavy atom. The van der Waals surface area contributed by atoms with Crippen LogP contribution in [-0.4, -0.2) is 38.8 Å². The first kappa shape index (κ1) is 16.3. The van der Waals surface area contributed by atoms with Crippen molar-refractivity contribution in [2.45, 2.75) is 31.8 Å². The highest BCUT2D eigenvalue weighted by Gasteiger charge is 2.43. The van der Waals surface area contributed by atoms with E-state index >= 15 is 0 Å². The Bertz CT molecular complexity index is 893. The molecule has 3 heterocycles. The summed E-state index contributed by atoms with van der Waals surface area (Å²) in [4.78, 5) is 15.7. The van der Waals surface area contributed by atoms with E-state index in [9.17, 15) is 9.90 Å². The largest absolute Gasteiger partial charge is 0.479 e. The molecular weight excluding hydrogens is 334 g/mol. The second kappa shape index (κ2) is 6.28. The van der Waals surface area contributed by atoms with Crippen LogP contribution >= 0.6 is 11.3 Å². The van der Waals surface area contributed by atoms with Crippen LogP contribution in [0, 0.1) is 6.92 Å². The molecule has 0 aliphatic carbocycles. The van der Waals surface area contributed by atoms with Crippen molar-refractivity contribution in [2.75, 3.05) is 13.1 Å². The third-order valence-corrected chi connectivity index (χ3v) is 6.43. The fourth-order valence-electron chi connectivity index (χ4n) is 3.79. The summed E-state index contributed by atoms with van der Waals surface area (Å²) in [7, 11) is 0. The second-order valence-electron chi connectivity index (χ2n) is 6.70. The van der Waals surface area contributed by atoms with E-state index < -0.39 is 11.5 Å². The van der Waals surface area contributed by atoms with Gasteiger partial charge in [-0.3, -0.25) is 9.58 Å². The summed E-state index contributed by atoms with van der Waals surface area (Å²) >= 11 is 1.84. The van der Waals surface area contributed by atoms with Crippen molar-refractivity contribution in [3.63, 3.8) is 0 Å². The minimum Gasteiger partial charge on any atom is -0.479 e. The third-order valence-electron chi connectivity index (χ3n) is 5.31. The number of aliphatic carboxylic acids is 1. The van der Waals surface area contributed by atoms with Crippen molar-refractivity contribution in [3.05, 3.63) is 53.2 Å². The van der Waals surface area contributed by atoms with Gasteiger partial charge in [0.05, 0.1) is 0 Å². The average molecular weight is 355 g/mol. The molecular formula is C19H21N3O2S. The molecule has 1 aliphatic rings. The zero-order chi connectivity index (χ0) is 17.4. The van der Waals surface area contributed by atoms with Crippen LogP contribution in [-0.2, 0) is 16.9 Å². The summed E-state index contributed by atoms with van der Waals surface area (Å²) < 4.78 is 2.95. The summed E-state index contributed by atoms with van der Waals surface area (Å²) in [5, 5.41) is 15.3. The molecule has 1 aromatic carbocycles. The van der Waals surface area contributed by atoms with Gasteiger partial charge in [0.2, 0.25) is 0 Å². The Labute approximate surface area is 150 Å². The van der Waals surface area contributed by atoms with Crippen LogP contribution in [0.4, 0.5) is 0 Å². The molecule has 0 unspecified atom stereocenters. The average Bonchev–Trinajstić information content (AvgIpc) is 3.25. The van der Waals surface area contributed by atoms with Crippen molar-refractivity contribution in [1.29, 1.82) is 0 Å². The SMILES string of the molecule is Cc1sc2ccccc2c1CN1CCC(C(=O)O)(n2cccn2)CC1. The Balaban J connectivity index is 1.54. The van der Waals surface area contributed by atoms with Crippen molar-refractivity contribution in [2.24, 2.45) is 0 Å². The molecule has 6 heteroatoms. The highest BCUT2D eigenvalue weighted by Crippen LogP contribution is 2.34. The minimum atomic E-state index is -0.911. The lowest BCUT2D eigenvalue weighted by Crippen LogP contribution is -2.51. The monoisotopic (exact) mass is 355 g/mol. The molecule has 1 aliphatic heterocycles. The predicted octanol–water partition coefficient (Wildman–Crippen LogP) is 3.48. The van der Waals surface area contributed by atoms with Gasteiger partial charge in [-0.1, -0.05) is 18.2 Å². The van der Waals surface area contributed by atoms with Crippen LogP contribution in [0.25, 0.3) is 10.1 Å². The summed E-state index contributed by atoms with van der Waals surface area (Å²) in [5.74, 6) is -0.784. The van der Waals surface area contributed by atoms with Crippen LogP contribution in [0.15, 0.2) is 42.7 Å². The highest BCUT2D eigenvalue weighted by molar-refractivity contribution is 7.19. The number of rotatable bonds is 4.